The van der Waals surface area contributed by atoms with E-state index >= 15 is 0 Å². The second-order valence-corrected chi connectivity index (χ2v) is 8.83. The molecular weight excluding hydrogens is 426 g/mol. The lowest BCUT2D eigenvalue weighted by Gasteiger charge is -2.32. The zero-order valence-electron chi connectivity index (χ0n) is 19.9. The molecule has 1 aliphatic rings. The average molecular weight is 462 g/mol. The molecule has 1 fully saturated rings. The fourth-order valence-corrected chi connectivity index (χ4v) is 4.68. The van der Waals surface area contributed by atoms with Crippen molar-refractivity contribution in [3.63, 3.8) is 0 Å². The number of fused-ring (bicyclic) bond motifs is 1. The Morgan fingerprint density at radius 3 is 2.59 bits per heavy atom. The van der Waals surface area contributed by atoms with Crippen molar-refractivity contribution in [1.82, 2.24) is 14.8 Å². The molecule has 0 saturated carbocycles. The number of ether oxygens (including phenoxy) is 1. The van der Waals surface area contributed by atoms with Crippen LogP contribution in [0.2, 0.25) is 0 Å². The average Bonchev–Trinajstić information content (AvgIpc) is 3.23. The third kappa shape index (κ3) is 5.66. The van der Waals surface area contributed by atoms with Crippen LogP contribution in [0.1, 0.15) is 41.4 Å². The number of hydrogen-bond donors (Lipinski definition) is 3. The number of amides is 1. The highest BCUT2D eigenvalue weighted by atomic mass is 16.5. The second kappa shape index (κ2) is 11.3. The predicted molar refractivity (Wildman–Crippen MR) is 137 cm³/mol. The zero-order valence-corrected chi connectivity index (χ0v) is 19.9. The summed E-state index contributed by atoms with van der Waals surface area (Å²) < 4.78 is 7.50. The number of nitrogens with two attached hydrogens (primary N) is 1. The van der Waals surface area contributed by atoms with Crippen molar-refractivity contribution in [2.24, 2.45) is 5.73 Å². The summed E-state index contributed by atoms with van der Waals surface area (Å²) >= 11 is 0. The van der Waals surface area contributed by atoms with Crippen LogP contribution in [0.25, 0.3) is 10.9 Å². The van der Waals surface area contributed by atoms with Crippen molar-refractivity contribution >= 4 is 22.7 Å². The molecule has 180 valence electrons. The third-order valence-electron chi connectivity index (χ3n) is 6.52. The fourth-order valence-electron chi connectivity index (χ4n) is 4.68. The number of nitrogens with zero attached hydrogens (tertiary/aromatic N) is 2. The number of likely N-dealkylation sites (tertiary alicyclic amines) is 1. The standard InChI is InChI=1S/C27H35N5O2/c1-2-34-26(29)22-9-8-21-18-25(27(33)30-23-11-14-31(15-12-23)17-13-28)32(24(21)19-22)16-10-20-6-4-3-5-7-20/h3-9,18-19,23,29H,2,10-17,28H2,1H3,(H,30,33). The molecule has 34 heavy (non-hydrogen) atoms. The van der Waals surface area contributed by atoms with Gasteiger partial charge in [-0.05, 0) is 49.9 Å². The van der Waals surface area contributed by atoms with Gasteiger partial charge in [-0.15, -0.1) is 0 Å². The van der Waals surface area contributed by atoms with Crippen molar-refractivity contribution in [2.75, 3.05) is 32.8 Å². The normalized spacial score (nSPS) is 14.9. The molecule has 1 aromatic heterocycles. The van der Waals surface area contributed by atoms with Gasteiger partial charge in [-0.3, -0.25) is 10.2 Å². The minimum absolute atomic E-state index is 0.0389. The summed E-state index contributed by atoms with van der Waals surface area (Å²) in [5.74, 6) is 0.110. The Labute approximate surface area is 201 Å². The molecule has 4 N–H and O–H groups in total. The summed E-state index contributed by atoms with van der Waals surface area (Å²) in [5, 5.41) is 12.5. The number of aryl methyl sites for hydroxylation is 2. The Balaban J connectivity index is 1.58. The minimum Gasteiger partial charge on any atom is -0.478 e. The SMILES string of the molecule is CCOC(=N)c1ccc2cc(C(=O)NC3CCN(CCN)CC3)n(CCc3ccccc3)c2c1. The van der Waals surface area contributed by atoms with Gasteiger partial charge in [0.1, 0.15) is 5.69 Å². The summed E-state index contributed by atoms with van der Waals surface area (Å²) in [6, 6.07) is 18.3. The molecule has 1 amide bonds. The first-order valence-electron chi connectivity index (χ1n) is 12.2. The van der Waals surface area contributed by atoms with E-state index in [9.17, 15) is 4.79 Å². The van der Waals surface area contributed by atoms with Gasteiger partial charge in [-0.25, -0.2) is 0 Å². The van der Waals surface area contributed by atoms with E-state index in [1.54, 1.807) is 0 Å². The summed E-state index contributed by atoms with van der Waals surface area (Å²) in [4.78, 5) is 15.8. The smallest absolute Gasteiger partial charge is 0.268 e. The van der Waals surface area contributed by atoms with Crippen molar-refractivity contribution in [2.45, 2.75) is 38.8 Å². The molecule has 0 radical (unpaired) electrons. The molecule has 0 atom stereocenters. The lowest BCUT2D eigenvalue weighted by atomic mass is 10.0. The monoisotopic (exact) mass is 461 g/mol. The Bertz CT molecular complexity index is 1120. The van der Waals surface area contributed by atoms with E-state index in [-0.39, 0.29) is 17.8 Å². The van der Waals surface area contributed by atoms with Crippen LogP contribution < -0.4 is 11.1 Å². The number of carbonyl (C=O) groups excluding carboxylic acids is 1. The highest BCUT2D eigenvalue weighted by Gasteiger charge is 2.23. The Hall–Kier alpha value is -3.16. The molecule has 0 bridgehead atoms. The van der Waals surface area contributed by atoms with Crippen LogP contribution >= 0.6 is 0 Å². The quantitative estimate of drug-likeness (QED) is 0.336. The Kier molecular flexibility index (Phi) is 7.98. The molecule has 3 aromatic rings. The van der Waals surface area contributed by atoms with Crippen molar-refractivity contribution in [3.8, 4) is 0 Å². The maximum atomic E-state index is 13.4. The molecule has 2 heterocycles. The number of carbonyl (C=O) groups is 1. The largest absolute Gasteiger partial charge is 0.478 e. The van der Waals surface area contributed by atoms with Gasteiger partial charge in [-0.1, -0.05) is 36.4 Å². The number of rotatable bonds is 9. The summed E-state index contributed by atoms with van der Waals surface area (Å²) in [6.07, 6.45) is 2.69. The predicted octanol–water partition coefficient (Wildman–Crippen LogP) is 3.40. The van der Waals surface area contributed by atoms with Gasteiger partial charge in [-0.2, -0.15) is 0 Å². The number of nitrogens with one attached hydrogen (secondary N) is 2. The van der Waals surface area contributed by atoms with E-state index in [2.05, 4.69) is 26.9 Å². The summed E-state index contributed by atoms with van der Waals surface area (Å²) in [5.41, 5.74) is 9.23. The lowest BCUT2D eigenvalue weighted by Crippen LogP contribution is -2.46. The molecule has 2 aromatic carbocycles. The molecule has 7 heteroatoms. The third-order valence-corrected chi connectivity index (χ3v) is 6.52. The molecule has 1 saturated heterocycles. The van der Waals surface area contributed by atoms with Gasteiger partial charge in [0.15, 0.2) is 0 Å². The van der Waals surface area contributed by atoms with E-state index in [0.29, 0.717) is 31.0 Å². The van der Waals surface area contributed by atoms with Crippen LogP contribution in [0.15, 0.2) is 54.6 Å². The maximum absolute atomic E-state index is 13.4. The number of benzene rings is 2. The number of hydrogen-bond acceptors (Lipinski definition) is 5. The molecule has 4 rings (SSSR count). The minimum atomic E-state index is -0.0389. The van der Waals surface area contributed by atoms with E-state index in [0.717, 1.165) is 49.8 Å². The van der Waals surface area contributed by atoms with Crippen LogP contribution in [0.3, 0.4) is 0 Å². The lowest BCUT2D eigenvalue weighted by molar-refractivity contribution is 0.0903. The highest BCUT2D eigenvalue weighted by Crippen LogP contribution is 2.24. The van der Waals surface area contributed by atoms with Crippen LogP contribution in [0.5, 0.6) is 0 Å². The van der Waals surface area contributed by atoms with Crippen LogP contribution in [-0.4, -0.2) is 60.1 Å². The van der Waals surface area contributed by atoms with Crippen LogP contribution in [0.4, 0.5) is 0 Å². The molecule has 0 aliphatic carbocycles. The first kappa shape index (κ1) is 24.0. The summed E-state index contributed by atoms with van der Waals surface area (Å²) in [7, 11) is 0. The number of piperidine rings is 1. The first-order valence-corrected chi connectivity index (χ1v) is 12.2. The van der Waals surface area contributed by atoms with E-state index in [1.807, 2.05) is 49.4 Å². The second-order valence-electron chi connectivity index (χ2n) is 8.83. The van der Waals surface area contributed by atoms with Gasteiger partial charge in [0.05, 0.1) is 6.61 Å². The van der Waals surface area contributed by atoms with E-state index in [4.69, 9.17) is 15.9 Å². The molecular formula is C27H35N5O2. The van der Waals surface area contributed by atoms with Crippen molar-refractivity contribution in [3.05, 3.63) is 71.4 Å². The fraction of sp³-hybridized carbons (Fsp3) is 0.407. The molecule has 0 spiro atoms. The number of aromatic nitrogens is 1. The van der Waals surface area contributed by atoms with E-state index < -0.39 is 0 Å². The zero-order chi connectivity index (χ0) is 23.9. The van der Waals surface area contributed by atoms with Gasteiger partial charge in [0.25, 0.3) is 5.91 Å². The van der Waals surface area contributed by atoms with Crippen molar-refractivity contribution < 1.29 is 9.53 Å². The van der Waals surface area contributed by atoms with Gasteiger partial charge in [0.2, 0.25) is 5.90 Å². The van der Waals surface area contributed by atoms with Crippen LogP contribution in [-0.2, 0) is 17.7 Å². The van der Waals surface area contributed by atoms with Gasteiger partial charge < -0.3 is 25.3 Å². The first-order chi connectivity index (χ1) is 16.6. The van der Waals surface area contributed by atoms with Crippen LogP contribution in [0, 0.1) is 5.41 Å². The topological polar surface area (TPSA) is 96.4 Å². The molecule has 1 aliphatic heterocycles. The Morgan fingerprint density at radius 1 is 1.12 bits per heavy atom. The summed E-state index contributed by atoms with van der Waals surface area (Å²) in [6.45, 7) is 6.50. The van der Waals surface area contributed by atoms with E-state index in [1.165, 1.54) is 5.56 Å². The maximum Gasteiger partial charge on any atom is 0.268 e. The molecule has 0 unspecified atom stereocenters. The Morgan fingerprint density at radius 2 is 1.88 bits per heavy atom. The van der Waals surface area contributed by atoms with Crippen molar-refractivity contribution in [1.29, 1.82) is 5.41 Å². The van der Waals surface area contributed by atoms with Gasteiger partial charge >= 0.3 is 0 Å². The molecule has 7 nitrogen and oxygen atoms in total. The van der Waals surface area contributed by atoms with Gasteiger partial charge in [0, 0.05) is 55.2 Å². The highest BCUT2D eigenvalue weighted by molar-refractivity contribution is 6.01.